The number of aromatic nitrogens is 1. The topological polar surface area (TPSA) is 68.3 Å². The molecular weight excluding hydrogens is 254 g/mol. The number of amides is 1. The van der Waals surface area contributed by atoms with Crippen LogP contribution in [0.25, 0.3) is 0 Å². The lowest BCUT2D eigenvalue weighted by molar-refractivity contribution is -0.119. The van der Waals surface area contributed by atoms with E-state index >= 15 is 0 Å². The molecule has 0 spiro atoms. The van der Waals surface area contributed by atoms with Gasteiger partial charge in [0.2, 0.25) is 5.91 Å². The van der Waals surface area contributed by atoms with E-state index in [1.807, 2.05) is 36.4 Å². The number of hydrogen-bond donors (Lipinski definition) is 1. The highest BCUT2D eigenvalue weighted by Gasteiger charge is 2.18. The van der Waals surface area contributed by atoms with Crippen LogP contribution < -0.4 is 5.73 Å². The molecule has 0 radical (unpaired) electrons. The molecule has 0 unspecified atom stereocenters. The van der Waals surface area contributed by atoms with E-state index in [0.29, 0.717) is 0 Å². The fourth-order valence-corrected chi connectivity index (χ4v) is 2.24. The monoisotopic (exact) mass is 279 g/mol. The molecule has 0 aliphatic heterocycles. The molecule has 0 aromatic carbocycles. The van der Waals surface area contributed by atoms with Gasteiger partial charge in [-0.2, -0.15) is 0 Å². The zero-order valence-corrected chi connectivity index (χ0v) is 12.9. The molecule has 0 atom stereocenters. The van der Waals surface area contributed by atoms with Crippen LogP contribution in [-0.4, -0.2) is 40.8 Å². The van der Waals surface area contributed by atoms with Gasteiger partial charge in [-0.15, -0.1) is 0 Å². The van der Waals surface area contributed by atoms with Crippen molar-refractivity contribution in [1.82, 2.24) is 9.47 Å². The third kappa shape index (κ3) is 4.20. The predicted molar refractivity (Wildman–Crippen MR) is 79.8 cm³/mol. The Kier molecular flexibility index (Phi) is 5.95. The Morgan fingerprint density at radius 2 is 1.95 bits per heavy atom. The molecule has 1 aromatic rings. The minimum Gasteiger partial charge on any atom is -0.369 e. The van der Waals surface area contributed by atoms with Gasteiger partial charge in [0.15, 0.2) is 5.78 Å². The van der Waals surface area contributed by atoms with Gasteiger partial charge in [0, 0.05) is 24.0 Å². The number of ketones is 1. The fraction of sp³-hybridized carbons (Fsp3) is 0.600. The summed E-state index contributed by atoms with van der Waals surface area (Å²) in [6.45, 7) is 7.08. The maximum absolute atomic E-state index is 12.4. The van der Waals surface area contributed by atoms with Crippen LogP contribution in [0.2, 0.25) is 0 Å². The highest BCUT2D eigenvalue weighted by Crippen LogP contribution is 2.14. The number of carbonyl (C=O) groups is 2. The number of aryl methyl sites for hydroxylation is 1. The third-order valence-corrected chi connectivity index (χ3v) is 3.65. The highest BCUT2D eigenvalue weighted by atomic mass is 16.1. The first kappa shape index (κ1) is 16.4. The maximum Gasteiger partial charge on any atom is 0.231 e. The van der Waals surface area contributed by atoms with Crippen LogP contribution in [0.4, 0.5) is 0 Å². The standard InChI is InChI=1S/C15H25N3O2/c1-5-6-7-18(10-15(16)20)9-14(19)13-8-11(2)17(4)12(13)3/h8H,5-7,9-10H2,1-4H3,(H2,16,20). The predicted octanol–water partition coefficient (Wildman–Crippen LogP) is 1.41. The summed E-state index contributed by atoms with van der Waals surface area (Å²) >= 11 is 0. The largest absolute Gasteiger partial charge is 0.369 e. The number of unbranched alkanes of at least 4 members (excludes halogenated alkanes) is 1. The molecule has 0 bridgehead atoms. The zero-order valence-electron chi connectivity index (χ0n) is 12.9. The first-order valence-corrected chi connectivity index (χ1v) is 7.03. The summed E-state index contributed by atoms with van der Waals surface area (Å²) in [7, 11) is 1.94. The molecule has 1 aromatic heterocycles. The van der Waals surface area contributed by atoms with Crippen molar-refractivity contribution in [2.24, 2.45) is 12.8 Å². The number of Topliss-reactive ketones (excluding diaryl/α,β-unsaturated/α-hetero) is 1. The molecule has 5 nitrogen and oxygen atoms in total. The molecule has 112 valence electrons. The third-order valence-electron chi connectivity index (χ3n) is 3.65. The minimum atomic E-state index is -0.394. The number of carbonyl (C=O) groups excluding carboxylic acids is 2. The molecule has 2 N–H and O–H groups in total. The Balaban J connectivity index is 2.78. The van der Waals surface area contributed by atoms with Crippen LogP contribution in [0.1, 0.15) is 41.5 Å². The van der Waals surface area contributed by atoms with Crippen LogP contribution in [0.3, 0.4) is 0 Å². The van der Waals surface area contributed by atoms with Crippen molar-refractivity contribution in [3.63, 3.8) is 0 Å². The number of nitrogens with two attached hydrogens (primary N) is 1. The average molecular weight is 279 g/mol. The smallest absolute Gasteiger partial charge is 0.231 e. The van der Waals surface area contributed by atoms with Crippen molar-refractivity contribution >= 4 is 11.7 Å². The molecule has 0 saturated heterocycles. The molecule has 1 heterocycles. The lowest BCUT2D eigenvalue weighted by Crippen LogP contribution is -2.38. The van der Waals surface area contributed by atoms with Crippen molar-refractivity contribution in [2.45, 2.75) is 33.6 Å². The number of rotatable bonds is 8. The second-order valence-corrected chi connectivity index (χ2v) is 5.30. The normalized spacial score (nSPS) is 11.1. The Hall–Kier alpha value is -1.62. The minimum absolute atomic E-state index is 0.0450. The molecule has 20 heavy (non-hydrogen) atoms. The number of primary amides is 1. The summed E-state index contributed by atoms with van der Waals surface area (Å²) in [5.74, 6) is -0.349. The van der Waals surface area contributed by atoms with E-state index in [0.717, 1.165) is 36.3 Å². The molecule has 0 aliphatic carbocycles. The van der Waals surface area contributed by atoms with E-state index in [1.54, 1.807) is 0 Å². The molecule has 0 aliphatic rings. The van der Waals surface area contributed by atoms with Gasteiger partial charge in [-0.05, 0) is 32.9 Å². The molecule has 1 rings (SSSR count). The van der Waals surface area contributed by atoms with Crippen molar-refractivity contribution in [1.29, 1.82) is 0 Å². The molecule has 1 amide bonds. The van der Waals surface area contributed by atoms with Crippen LogP contribution in [0.5, 0.6) is 0 Å². The molecule has 5 heteroatoms. The molecular formula is C15H25N3O2. The van der Waals surface area contributed by atoms with E-state index in [4.69, 9.17) is 5.73 Å². The van der Waals surface area contributed by atoms with Gasteiger partial charge in [-0.1, -0.05) is 13.3 Å². The Morgan fingerprint density at radius 3 is 2.40 bits per heavy atom. The van der Waals surface area contributed by atoms with E-state index in [2.05, 4.69) is 6.92 Å². The molecule has 0 fully saturated rings. The van der Waals surface area contributed by atoms with Crippen LogP contribution in [0, 0.1) is 13.8 Å². The van der Waals surface area contributed by atoms with E-state index < -0.39 is 5.91 Å². The fourth-order valence-electron chi connectivity index (χ4n) is 2.24. The summed E-state index contributed by atoms with van der Waals surface area (Å²) in [4.78, 5) is 25.3. The van der Waals surface area contributed by atoms with E-state index in [1.165, 1.54) is 0 Å². The zero-order chi connectivity index (χ0) is 15.3. The van der Waals surface area contributed by atoms with Gasteiger partial charge >= 0.3 is 0 Å². The Bertz CT molecular complexity index is 492. The average Bonchev–Trinajstić information content (AvgIpc) is 2.63. The van der Waals surface area contributed by atoms with Gasteiger partial charge < -0.3 is 10.3 Å². The van der Waals surface area contributed by atoms with Crippen molar-refractivity contribution in [2.75, 3.05) is 19.6 Å². The summed E-state index contributed by atoms with van der Waals surface area (Å²) in [5.41, 5.74) is 7.99. The molecule has 0 saturated carbocycles. The van der Waals surface area contributed by atoms with Crippen molar-refractivity contribution in [3.05, 3.63) is 23.0 Å². The number of hydrogen-bond acceptors (Lipinski definition) is 3. The first-order valence-electron chi connectivity index (χ1n) is 7.03. The van der Waals surface area contributed by atoms with Crippen molar-refractivity contribution in [3.8, 4) is 0 Å². The number of nitrogens with zero attached hydrogens (tertiary/aromatic N) is 2. The van der Waals surface area contributed by atoms with Crippen LogP contribution >= 0.6 is 0 Å². The van der Waals surface area contributed by atoms with E-state index in [9.17, 15) is 9.59 Å². The van der Waals surface area contributed by atoms with Gasteiger partial charge in [-0.3, -0.25) is 14.5 Å². The van der Waals surface area contributed by atoms with Crippen LogP contribution in [-0.2, 0) is 11.8 Å². The quantitative estimate of drug-likeness (QED) is 0.732. The summed E-state index contributed by atoms with van der Waals surface area (Å²) in [6, 6.07) is 1.90. The van der Waals surface area contributed by atoms with Crippen LogP contribution in [0.15, 0.2) is 6.07 Å². The maximum atomic E-state index is 12.4. The second kappa shape index (κ2) is 7.24. The summed E-state index contributed by atoms with van der Waals surface area (Å²) < 4.78 is 2.00. The summed E-state index contributed by atoms with van der Waals surface area (Å²) in [6.07, 6.45) is 1.97. The van der Waals surface area contributed by atoms with Gasteiger partial charge in [0.25, 0.3) is 0 Å². The SMILES string of the molecule is CCCCN(CC(N)=O)CC(=O)c1cc(C)n(C)c1C. The highest BCUT2D eigenvalue weighted by molar-refractivity contribution is 5.99. The Labute approximate surface area is 120 Å². The van der Waals surface area contributed by atoms with Gasteiger partial charge in [0.1, 0.15) is 0 Å². The lowest BCUT2D eigenvalue weighted by Gasteiger charge is -2.19. The lowest BCUT2D eigenvalue weighted by atomic mass is 10.1. The van der Waals surface area contributed by atoms with Crippen molar-refractivity contribution < 1.29 is 9.59 Å². The first-order chi connectivity index (χ1) is 9.36. The Morgan fingerprint density at radius 1 is 1.30 bits per heavy atom. The van der Waals surface area contributed by atoms with E-state index in [-0.39, 0.29) is 18.9 Å². The van der Waals surface area contributed by atoms with Gasteiger partial charge in [-0.25, -0.2) is 0 Å². The summed E-state index contributed by atoms with van der Waals surface area (Å²) in [5, 5.41) is 0. The van der Waals surface area contributed by atoms with Gasteiger partial charge in [0.05, 0.1) is 13.1 Å². The second-order valence-electron chi connectivity index (χ2n) is 5.30.